The number of ether oxygens (including phenoxy) is 1. The van der Waals surface area contributed by atoms with Gasteiger partial charge >= 0.3 is 6.18 Å². The van der Waals surface area contributed by atoms with Crippen molar-refractivity contribution in [3.8, 4) is 17.6 Å². The molecular weight excluding hydrogens is 479 g/mol. The summed E-state index contributed by atoms with van der Waals surface area (Å²) in [5.41, 5.74) is 0.0480. The summed E-state index contributed by atoms with van der Waals surface area (Å²) in [7, 11) is 0. The number of nitriles is 1. The van der Waals surface area contributed by atoms with Crippen LogP contribution >= 0.6 is 11.6 Å². The van der Waals surface area contributed by atoms with E-state index in [-0.39, 0.29) is 34.3 Å². The van der Waals surface area contributed by atoms with Gasteiger partial charge in [0.1, 0.15) is 11.4 Å². The molecule has 0 amide bonds. The van der Waals surface area contributed by atoms with Crippen LogP contribution < -0.4 is 26.3 Å². The maximum Gasteiger partial charge on any atom is 0.437 e. The Morgan fingerprint density at radius 2 is 2.03 bits per heavy atom. The Kier molecular flexibility index (Phi) is 6.10. The molecule has 2 N–H and O–H groups in total. The van der Waals surface area contributed by atoms with Gasteiger partial charge in [-0.3, -0.25) is 19.2 Å². The minimum Gasteiger partial charge on any atom is -0.449 e. The van der Waals surface area contributed by atoms with Crippen LogP contribution in [0.15, 0.2) is 52.5 Å². The number of hydrazine groups is 1. The molecule has 0 fully saturated rings. The van der Waals surface area contributed by atoms with Crippen molar-refractivity contribution >= 4 is 17.3 Å². The zero-order valence-electron chi connectivity index (χ0n) is 16.9. The second-order valence-electron chi connectivity index (χ2n) is 6.93. The molecule has 4 rings (SSSR count). The minimum absolute atomic E-state index is 0.0230. The lowest BCUT2D eigenvalue weighted by Crippen LogP contribution is -2.33. The SMILES string of the molecule is N#Cc1cc(Cl)cc(Oc2c(C(F)(F)F)ncn(Cc3cc(N4C=CCN4)c(=O)[nH]n3)c2=O)c1. The van der Waals surface area contributed by atoms with Crippen LogP contribution in [0.5, 0.6) is 11.5 Å². The second kappa shape index (κ2) is 9.00. The number of hydrogen-bond acceptors (Lipinski definition) is 8. The summed E-state index contributed by atoms with van der Waals surface area (Å²) >= 11 is 5.88. The smallest absolute Gasteiger partial charge is 0.437 e. The Balaban J connectivity index is 1.74. The van der Waals surface area contributed by atoms with Crippen molar-refractivity contribution in [2.24, 2.45) is 0 Å². The molecule has 0 atom stereocenters. The average Bonchev–Trinajstić information content (AvgIpc) is 3.31. The first-order chi connectivity index (χ1) is 16.2. The minimum atomic E-state index is -5.00. The predicted molar refractivity (Wildman–Crippen MR) is 113 cm³/mol. The molecule has 0 aliphatic carbocycles. The van der Waals surface area contributed by atoms with Crippen LogP contribution in [-0.2, 0) is 12.7 Å². The maximum atomic E-state index is 13.5. The molecule has 0 unspecified atom stereocenters. The number of nitrogens with one attached hydrogen (secondary N) is 2. The number of hydrogen-bond donors (Lipinski definition) is 2. The third-order valence-electron chi connectivity index (χ3n) is 4.55. The number of nitrogens with zero attached hydrogens (tertiary/aromatic N) is 5. The normalized spacial score (nSPS) is 13.2. The number of aromatic nitrogens is 4. The fourth-order valence-corrected chi connectivity index (χ4v) is 3.30. The Bertz CT molecular complexity index is 1440. The number of alkyl halides is 3. The van der Waals surface area contributed by atoms with Crippen molar-refractivity contribution < 1.29 is 17.9 Å². The highest BCUT2D eigenvalue weighted by atomic mass is 35.5. The van der Waals surface area contributed by atoms with Crippen LogP contribution in [0.4, 0.5) is 18.9 Å². The summed E-state index contributed by atoms with van der Waals surface area (Å²) in [6.07, 6.45) is -0.911. The summed E-state index contributed by atoms with van der Waals surface area (Å²) in [6, 6.07) is 6.75. The number of rotatable bonds is 5. The molecule has 3 heterocycles. The molecule has 174 valence electrons. The van der Waals surface area contributed by atoms with Gasteiger partial charge in [-0.25, -0.2) is 15.5 Å². The van der Waals surface area contributed by atoms with Crippen molar-refractivity contribution in [1.29, 1.82) is 5.26 Å². The van der Waals surface area contributed by atoms with Crippen LogP contribution in [0.2, 0.25) is 5.02 Å². The molecule has 10 nitrogen and oxygen atoms in total. The molecule has 1 aliphatic heterocycles. The lowest BCUT2D eigenvalue weighted by atomic mass is 10.2. The lowest BCUT2D eigenvalue weighted by molar-refractivity contribution is -0.142. The summed E-state index contributed by atoms with van der Waals surface area (Å²) in [6.45, 7) is 0.178. The third kappa shape index (κ3) is 4.77. The molecule has 3 aromatic rings. The molecule has 2 aromatic heterocycles. The van der Waals surface area contributed by atoms with Gasteiger partial charge in [-0.1, -0.05) is 17.7 Å². The van der Waals surface area contributed by atoms with E-state index >= 15 is 0 Å². The van der Waals surface area contributed by atoms with Gasteiger partial charge in [-0.15, -0.1) is 0 Å². The van der Waals surface area contributed by atoms with E-state index in [1.54, 1.807) is 18.3 Å². The van der Waals surface area contributed by atoms with Crippen LogP contribution in [0.25, 0.3) is 0 Å². The van der Waals surface area contributed by atoms with Crippen molar-refractivity contribution in [1.82, 2.24) is 25.2 Å². The summed E-state index contributed by atoms with van der Waals surface area (Å²) in [5, 5.41) is 16.7. The molecule has 0 radical (unpaired) electrons. The van der Waals surface area contributed by atoms with Gasteiger partial charge in [0.25, 0.3) is 11.1 Å². The van der Waals surface area contributed by atoms with Gasteiger partial charge in [0.15, 0.2) is 5.69 Å². The quantitative estimate of drug-likeness (QED) is 0.557. The molecule has 0 saturated heterocycles. The van der Waals surface area contributed by atoms with E-state index in [0.29, 0.717) is 12.9 Å². The summed E-state index contributed by atoms with van der Waals surface area (Å²) in [5.74, 6) is -1.35. The van der Waals surface area contributed by atoms with E-state index < -0.39 is 28.7 Å². The molecule has 1 aliphatic rings. The van der Waals surface area contributed by atoms with Gasteiger partial charge < -0.3 is 4.74 Å². The van der Waals surface area contributed by atoms with Crippen molar-refractivity contribution in [2.75, 3.05) is 11.6 Å². The summed E-state index contributed by atoms with van der Waals surface area (Å²) in [4.78, 5) is 28.4. The highest BCUT2D eigenvalue weighted by Crippen LogP contribution is 2.35. The lowest BCUT2D eigenvalue weighted by Gasteiger charge is -2.16. The van der Waals surface area contributed by atoms with Crippen LogP contribution in [0, 0.1) is 11.3 Å². The van der Waals surface area contributed by atoms with Crippen molar-refractivity contribution in [3.05, 3.63) is 85.6 Å². The van der Waals surface area contributed by atoms with E-state index in [1.807, 2.05) is 0 Å². The van der Waals surface area contributed by atoms with Gasteiger partial charge in [-0.2, -0.15) is 23.5 Å². The highest BCUT2D eigenvalue weighted by Gasteiger charge is 2.38. The fourth-order valence-electron chi connectivity index (χ4n) is 3.08. The number of halogens is 4. The molecule has 0 bridgehead atoms. The number of benzene rings is 1. The van der Waals surface area contributed by atoms with Gasteiger partial charge in [0.05, 0.1) is 30.2 Å². The fraction of sp³-hybridized carbons (Fsp3) is 0.150. The average molecular weight is 492 g/mol. The Morgan fingerprint density at radius 3 is 2.71 bits per heavy atom. The zero-order valence-corrected chi connectivity index (χ0v) is 17.7. The first kappa shape index (κ1) is 23.0. The van der Waals surface area contributed by atoms with Crippen LogP contribution in [-0.4, -0.2) is 26.3 Å². The van der Waals surface area contributed by atoms with E-state index in [9.17, 15) is 22.8 Å². The largest absolute Gasteiger partial charge is 0.449 e. The monoisotopic (exact) mass is 491 g/mol. The van der Waals surface area contributed by atoms with Crippen LogP contribution in [0.1, 0.15) is 17.0 Å². The standard InChI is InChI=1S/C20H13ClF3N7O3/c21-12-4-11(8-25)5-14(6-12)34-16-17(20(22,23)24)26-10-30(19(16)33)9-13-7-15(18(32)29-28-13)31-3-1-2-27-31/h1,3-7,10,27H,2,9H2,(H,29,32). The maximum absolute atomic E-state index is 13.5. The topological polar surface area (TPSA) is 129 Å². The van der Waals surface area contributed by atoms with E-state index in [2.05, 4.69) is 20.6 Å². The van der Waals surface area contributed by atoms with E-state index in [1.165, 1.54) is 17.1 Å². The highest BCUT2D eigenvalue weighted by molar-refractivity contribution is 6.30. The Labute approximate surface area is 193 Å². The molecule has 14 heteroatoms. The Hall–Kier alpha value is -4.15. The van der Waals surface area contributed by atoms with Crippen molar-refractivity contribution in [3.63, 3.8) is 0 Å². The molecule has 0 spiro atoms. The molecule has 0 saturated carbocycles. The third-order valence-corrected chi connectivity index (χ3v) is 4.77. The second-order valence-corrected chi connectivity index (χ2v) is 7.37. The number of H-pyrrole nitrogens is 1. The molecule has 1 aromatic carbocycles. The molecular formula is C20H13ClF3N7O3. The van der Waals surface area contributed by atoms with Gasteiger partial charge in [-0.05, 0) is 24.3 Å². The molecule has 34 heavy (non-hydrogen) atoms. The summed E-state index contributed by atoms with van der Waals surface area (Å²) < 4.78 is 46.7. The van der Waals surface area contributed by atoms with Gasteiger partial charge in [0.2, 0.25) is 5.75 Å². The van der Waals surface area contributed by atoms with Gasteiger partial charge in [0, 0.05) is 17.8 Å². The Morgan fingerprint density at radius 1 is 1.24 bits per heavy atom. The van der Waals surface area contributed by atoms with E-state index in [4.69, 9.17) is 21.6 Å². The number of aromatic amines is 1. The predicted octanol–water partition coefficient (Wildman–Crippen LogP) is 2.55. The first-order valence-electron chi connectivity index (χ1n) is 9.49. The number of anilines is 1. The van der Waals surface area contributed by atoms with E-state index in [0.717, 1.165) is 16.7 Å². The first-order valence-corrected chi connectivity index (χ1v) is 9.86. The van der Waals surface area contributed by atoms with Crippen molar-refractivity contribution in [2.45, 2.75) is 12.7 Å². The zero-order chi connectivity index (χ0) is 24.5. The van der Waals surface area contributed by atoms with Crippen LogP contribution in [0.3, 0.4) is 0 Å².